The highest BCUT2D eigenvalue weighted by Gasteiger charge is 2.43. The van der Waals surface area contributed by atoms with Crippen molar-refractivity contribution in [3.05, 3.63) is 21.9 Å². The normalized spacial score (nSPS) is 21.2. The Labute approximate surface area is 147 Å². The third-order valence-corrected chi connectivity index (χ3v) is 5.40. The Morgan fingerprint density at radius 1 is 1.42 bits per heavy atom. The van der Waals surface area contributed by atoms with Crippen LogP contribution in [0.25, 0.3) is 0 Å². The van der Waals surface area contributed by atoms with Gasteiger partial charge in [0.25, 0.3) is 5.91 Å². The summed E-state index contributed by atoms with van der Waals surface area (Å²) in [7, 11) is 0. The summed E-state index contributed by atoms with van der Waals surface area (Å²) < 4.78 is 0. The van der Waals surface area contributed by atoms with Crippen molar-refractivity contribution < 1.29 is 9.59 Å². The van der Waals surface area contributed by atoms with E-state index in [2.05, 4.69) is 11.4 Å². The lowest BCUT2D eigenvalue weighted by atomic mass is 9.92. The van der Waals surface area contributed by atoms with E-state index in [0.717, 1.165) is 19.3 Å². The van der Waals surface area contributed by atoms with Gasteiger partial charge in [-0.3, -0.25) is 9.59 Å². The number of amides is 2. The Morgan fingerprint density at radius 2 is 2.17 bits per heavy atom. The molecule has 1 aliphatic heterocycles. The smallest absolute Gasteiger partial charge is 0.264 e. The number of hydrogen-bond donors (Lipinski definition) is 1. The van der Waals surface area contributed by atoms with Crippen molar-refractivity contribution in [3.8, 4) is 6.07 Å². The minimum Gasteiger partial charge on any atom is -0.354 e. The highest BCUT2D eigenvalue weighted by molar-refractivity contribution is 7.12. The quantitative estimate of drug-likeness (QED) is 0.909. The molecular formula is C18H25N3O2S. The lowest BCUT2D eigenvalue weighted by Gasteiger charge is -2.38. The lowest BCUT2D eigenvalue weighted by Crippen LogP contribution is -2.58. The standard InChI is InChI=1S/C18H25N3O2S/c1-13(2)11-20-17(23)18(3)7-5-4-6-8-21(18)16(22)15-9-14(10-19)12-24-15/h9,12-13H,4-8,11H2,1-3H3,(H,20,23). The molecule has 1 aliphatic rings. The van der Waals surface area contributed by atoms with Gasteiger partial charge in [-0.2, -0.15) is 5.26 Å². The number of carbonyl (C=O) groups excluding carboxylic acids is 2. The van der Waals surface area contributed by atoms with E-state index in [-0.39, 0.29) is 11.8 Å². The van der Waals surface area contributed by atoms with E-state index in [4.69, 9.17) is 5.26 Å². The molecule has 130 valence electrons. The van der Waals surface area contributed by atoms with Crippen molar-refractivity contribution in [2.75, 3.05) is 13.1 Å². The average molecular weight is 347 g/mol. The number of nitrogens with one attached hydrogen (secondary N) is 1. The molecule has 1 atom stereocenters. The van der Waals surface area contributed by atoms with Gasteiger partial charge >= 0.3 is 0 Å². The highest BCUT2D eigenvalue weighted by atomic mass is 32.1. The molecule has 0 bridgehead atoms. The number of nitrogens with zero attached hydrogens (tertiary/aromatic N) is 2. The Bertz CT molecular complexity index is 647. The van der Waals surface area contributed by atoms with Gasteiger partial charge in [0.2, 0.25) is 5.91 Å². The summed E-state index contributed by atoms with van der Waals surface area (Å²) >= 11 is 1.27. The molecule has 1 unspecified atom stereocenters. The van der Waals surface area contributed by atoms with Crippen LogP contribution in [0.1, 0.15) is 61.7 Å². The molecule has 1 N–H and O–H groups in total. The predicted octanol–water partition coefficient (Wildman–Crippen LogP) is 3.17. The average Bonchev–Trinajstić information content (AvgIpc) is 2.95. The molecule has 2 rings (SSSR count). The molecule has 0 radical (unpaired) electrons. The summed E-state index contributed by atoms with van der Waals surface area (Å²) in [5, 5.41) is 13.6. The first kappa shape index (κ1) is 18.5. The first-order valence-electron chi connectivity index (χ1n) is 8.47. The third kappa shape index (κ3) is 3.96. The van der Waals surface area contributed by atoms with Crippen LogP contribution in [0.3, 0.4) is 0 Å². The second-order valence-electron chi connectivity index (χ2n) is 6.96. The molecule has 0 aromatic carbocycles. The zero-order valence-electron chi connectivity index (χ0n) is 14.6. The van der Waals surface area contributed by atoms with Gasteiger partial charge in [-0.1, -0.05) is 26.7 Å². The summed E-state index contributed by atoms with van der Waals surface area (Å²) in [6.45, 7) is 7.14. The van der Waals surface area contributed by atoms with Crippen molar-refractivity contribution in [2.45, 2.75) is 52.0 Å². The van der Waals surface area contributed by atoms with Gasteiger partial charge in [0.05, 0.1) is 10.4 Å². The van der Waals surface area contributed by atoms with E-state index in [1.54, 1.807) is 16.3 Å². The van der Waals surface area contributed by atoms with Crippen molar-refractivity contribution in [1.82, 2.24) is 10.2 Å². The van der Waals surface area contributed by atoms with Crippen molar-refractivity contribution in [2.24, 2.45) is 5.92 Å². The van der Waals surface area contributed by atoms with Crippen LogP contribution in [0.4, 0.5) is 0 Å². The maximum atomic E-state index is 13.0. The van der Waals surface area contributed by atoms with Gasteiger partial charge < -0.3 is 10.2 Å². The Morgan fingerprint density at radius 3 is 2.79 bits per heavy atom. The molecule has 1 aromatic rings. The molecule has 1 aromatic heterocycles. The molecule has 5 nitrogen and oxygen atoms in total. The number of rotatable bonds is 4. The fraction of sp³-hybridized carbons (Fsp3) is 0.611. The Kier molecular flexibility index (Phi) is 6.00. The van der Waals surface area contributed by atoms with Gasteiger partial charge in [-0.25, -0.2) is 0 Å². The number of thiophene rings is 1. The minimum absolute atomic E-state index is 0.0801. The zero-order chi connectivity index (χ0) is 17.7. The fourth-order valence-corrected chi connectivity index (χ4v) is 3.77. The molecule has 0 aliphatic carbocycles. The monoisotopic (exact) mass is 347 g/mol. The molecule has 6 heteroatoms. The molecular weight excluding hydrogens is 322 g/mol. The second-order valence-corrected chi connectivity index (χ2v) is 7.87. The number of hydrogen-bond acceptors (Lipinski definition) is 4. The number of likely N-dealkylation sites (tertiary alicyclic amines) is 1. The summed E-state index contributed by atoms with van der Waals surface area (Å²) in [5.41, 5.74) is -0.344. The molecule has 1 fully saturated rings. The van der Waals surface area contributed by atoms with Crippen LogP contribution in [0.2, 0.25) is 0 Å². The number of nitriles is 1. The topological polar surface area (TPSA) is 73.2 Å². The van der Waals surface area contributed by atoms with Gasteiger partial charge in [0.15, 0.2) is 0 Å². The molecule has 0 spiro atoms. The fourth-order valence-electron chi connectivity index (χ4n) is 2.99. The Balaban J connectivity index is 2.26. The van der Waals surface area contributed by atoms with Crippen LogP contribution >= 0.6 is 11.3 Å². The van der Waals surface area contributed by atoms with E-state index in [1.807, 2.05) is 20.8 Å². The molecule has 0 saturated carbocycles. The highest BCUT2D eigenvalue weighted by Crippen LogP contribution is 2.30. The van der Waals surface area contributed by atoms with Crippen molar-refractivity contribution >= 4 is 23.2 Å². The summed E-state index contributed by atoms with van der Waals surface area (Å²) in [6, 6.07) is 3.67. The number of carbonyl (C=O) groups is 2. The van der Waals surface area contributed by atoms with Crippen LogP contribution < -0.4 is 5.32 Å². The van der Waals surface area contributed by atoms with Gasteiger partial charge in [-0.05, 0) is 31.7 Å². The van der Waals surface area contributed by atoms with Crippen LogP contribution in [-0.2, 0) is 4.79 Å². The molecule has 1 saturated heterocycles. The van der Waals surface area contributed by atoms with Crippen molar-refractivity contribution in [3.63, 3.8) is 0 Å². The third-order valence-electron chi connectivity index (χ3n) is 4.49. The second kappa shape index (κ2) is 7.80. The van der Waals surface area contributed by atoms with Crippen LogP contribution in [0.5, 0.6) is 0 Å². The zero-order valence-corrected chi connectivity index (χ0v) is 15.4. The van der Waals surface area contributed by atoms with Crippen molar-refractivity contribution in [1.29, 1.82) is 5.26 Å². The van der Waals surface area contributed by atoms with E-state index in [0.29, 0.717) is 35.9 Å². The van der Waals surface area contributed by atoms with Crippen LogP contribution in [-0.4, -0.2) is 35.3 Å². The van der Waals surface area contributed by atoms with E-state index in [1.165, 1.54) is 11.3 Å². The van der Waals surface area contributed by atoms with E-state index >= 15 is 0 Å². The summed E-state index contributed by atoms with van der Waals surface area (Å²) in [5.74, 6) is 0.136. The summed E-state index contributed by atoms with van der Waals surface area (Å²) in [4.78, 5) is 28.1. The van der Waals surface area contributed by atoms with Crippen LogP contribution in [0, 0.1) is 17.2 Å². The lowest BCUT2D eigenvalue weighted by molar-refractivity contribution is -0.131. The molecule has 24 heavy (non-hydrogen) atoms. The first-order chi connectivity index (χ1) is 11.4. The summed E-state index contributed by atoms with van der Waals surface area (Å²) in [6.07, 6.45) is 3.52. The molecule has 2 amide bonds. The van der Waals surface area contributed by atoms with Gasteiger partial charge in [0, 0.05) is 18.5 Å². The largest absolute Gasteiger partial charge is 0.354 e. The van der Waals surface area contributed by atoms with Crippen LogP contribution in [0.15, 0.2) is 11.4 Å². The van der Waals surface area contributed by atoms with E-state index in [9.17, 15) is 9.59 Å². The Hall–Kier alpha value is -1.87. The predicted molar refractivity (Wildman–Crippen MR) is 94.8 cm³/mol. The molecule has 2 heterocycles. The first-order valence-corrected chi connectivity index (χ1v) is 9.35. The maximum absolute atomic E-state index is 13.0. The maximum Gasteiger partial charge on any atom is 0.264 e. The van der Waals surface area contributed by atoms with Gasteiger partial charge in [-0.15, -0.1) is 11.3 Å². The SMILES string of the molecule is CC(C)CNC(=O)C1(C)CCCCCN1C(=O)c1cc(C#N)cs1. The van der Waals surface area contributed by atoms with Gasteiger partial charge in [0.1, 0.15) is 11.6 Å². The van der Waals surface area contributed by atoms with E-state index < -0.39 is 5.54 Å². The minimum atomic E-state index is -0.834.